The summed E-state index contributed by atoms with van der Waals surface area (Å²) < 4.78 is 5.21. The maximum Gasteiger partial charge on any atom is 0.257 e. The van der Waals surface area contributed by atoms with Gasteiger partial charge >= 0.3 is 0 Å². The minimum absolute atomic E-state index is 0.0629. The number of thiazole rings is 1. The van der Waals surface area contributed by atoms with Gasteiger partial charge in [-0.1, -0.05) is 29.8 Å². The molecule has 3 aromatic rings. The minimum Gasteiger partial charge on any atom is -0.495 e. The van der Waals surface area contributed by atoms with Gasteiger partial charge in [0.15, 0.2) is 5.13 Å². The van der Waals surface area contributed by atoms with Gasteiger partial charge in [-0.05, 0) is 30.3 Å². The van der Waals surface area contributed by atoms with E-state index in [2.05, 4.69) is 15.6 Å². The number of rotatable bonds is 6. The Hall–Kier alpha value is -2.90. The molecule has 0 aliphatic rings. The van der Waals surface area contributed by atoms with Crippen LogP contribution in [0.1, 0.15) is 16.1 Å². The Morgan fingerprint density at radius 2 is 1.93 bits per heavy atom. The summed E-state index contributed by atoms with van der Waals surface area (Å²) in [5, 5.41) is 8.14. The molecular weight excluding hydrogens is 386 g/mol. The molecule has 0 fully saturated rings. The van der Waals surface area contributed by atoms with Crippen LogP contribution in [0.4, 0.5) is 10.8 Å². The average Bonchev–Trinajstić information content (AvgIpc) is 3.09. The van der Waals surface area contributed by atoms with Gasteiger partial charge in [-0.25, -0.2) is 4.98 Å². The van der Waals surface area contributed by atoms with Crippen molar-refractivity contribution < 1.29 is 14.3 Å². The number of anilines is 2. The predicted octanol–water partition coefficient (Wildman–Crippen LogP) is 4.24. The lowest BCUT2D eigenvalue weighted by Gasteiger charge is -2.10. The molecule has 3 rings (SSSR count). The van der Waals surface area contributed by atoms with E-state index in [0.717, 1.165) is 0 Å². The van der Waals surface area contributed by atoms with Crippen LogP contribution in [-0.2, 0) is 11.2 Å². The SMILES string of the molecule is COc1ccc(Cl)cc1NC(=O)Cc1csc(NC(=O)c2ccccc2)n1. The molecule has 138 valence electrons. The van der Waals surface area contributed by atoms with Gasteiger partial charge in [-0.15, -0.1) is 11.3 Å². The lowest BCUT2D eigenvalue weighted by molar-refractivity contribution is -0.115. The van der Waals surface area contributed by atoms with Gasteiger partial charge in [0.1, 0.15) is 5.75 Å². The van der Waals surface area contributed by atoms with E-state index in [-0.39, 0.29) is 18.2 Å². The molecule has 2 amide bonds. The summed E-state index contributed by atoms with van der Waals surface area (Å²) in [7, 11) is 1.51. The van der Waals surface area contributed by atoms with Crippen molar-refractivity contribution in [3.8, 4) is 5.75 Å². The number of methoxy groups -OCH3 is 1. The van der Waals surface area contributed by atoms with Crippen LogP contribution < -0.4 is 15.4 Å². The average molecular weight is 402 g/mol. The monoisotopic (exact) mass is 401 g/mol. The Morgan fingerprint density at radius 3 is 2.67 bits per heavy atom. The van der Waals surface area contributed by atoms with Gasteiger partial charge in [0, 0.05) is 16.0 Å². The van der Waals surface area contributed by atoms with Crippen molar-refractivity contribution in [2.75, 3.05) is 17.7 Å². The maximum absolute atomic E-state index is 12.3. The van der Waals surface area contributed by atoms with Crippen LogP contribution in [-0.4, -0.2) is 23.9 Å². The van der Waals surface area contributed by atoms with Crippen LogP contribution in [0, 0.1) is 0 Å². The molecule has 0 saturated carbocycles. The maximum atomic E-state index is 12.3. The zero-order valence-corrected chi connectivity index (χ0v) is 15.9. The van der Waals surface area contributed by atoms with Crippen molar-refractivity contribution in [2.45, 2.75) is 6.42 Å². The minimum atomic E-state index is -0.262. The molecule has 0 aliphatic heterocycles. The molecule has 0 spiro atoms. The molecule has 2 N–H and O–H groups in total. The lowest BCUT2D eigenvalue weighted by atomic mass is 10.2. The molecular formula is C19H16ClN3O3S. The second-order valence-electron chi connectivity index (χ2n) is 5.53. The van der Waals surface area contributed by atoms with E-state index in [0.29, 0.717) is 32.8 Å². The Morgan fingerprint density at radius 1 is 1.15 bits per heavy atom. The van der Waals surface area contributed by atoms with Gasteiger partial charge in [0.05, 0.1) is 24.9 Å². The van der Waals surface area contributed by atoms with E-state index in [9.17, 15) is 9.59 Å². The normalized spacial score (nSPS) is 10.3. The number of halogens is 1. The zero-order valence-electron chi connectivity index (χ0n) is 14.4. The molecule has 0 unspecified atom stereocenters. The molecule has 1 aromatic heterocycles. The third-order valence-corrected chi connectivity index (χ3v) is 4.63. The number of benzene rings is 2. The molecule has 6 nitrogen and oxygen atoms in total. The van der Waals surface area contributed by atoms with E-state index in [1.165, 1.54) is 18.4 Å². The van der Waals surface area contributed by atoms with Crippen molar-refractivity contribution >= 4 is 45.6 Å². The third kappa shape index (κ3) is 5.06. The third-order valence-electron chi connectivity index (χ3n) is 3.59. The van der Waals surface area contributed by atoms with E-state index in [4.69, 9.17) is 16.3 Å². The lowest BCUT2D eigenvalue weighted by Crippen LogP contribution is -2.15. The summed E-state index contributed by atoms with van der Waals surface area (Å²) in [5.74, 6) is 0.00765. The van der Waals surface area contributed by atoms with Crippen LogP contribution in [0.3, 0.4) is 0 Å². The van der Waals surface area contributed by atoms with Gasteiger partial charge in [0.2, 0.25) is 5.91 Å². The number of nitrogens with one attached hydrogen (secondary N) is 2. The van der Waals surface area contributed by atoms with Gasteiger partial charge in [-0.2, -0.15) is 0 Å². The fourth-order valence-corrected chi connectivity index (χ4v) is 3.22. The van der Waals surface area contributed by atoms with Gasteiger partial charge < -0.3 is 10.1 Å². The highest BCUT2D eigenvalue weighted by Crippen LogP contribution is 2.28. The summed E-state index contributed by atoms with van der Waals surface area (Å²) in [6.45, 7) is 0. The molecule has 27 heavy (non-hydrogen) atoms. The molecule has 8 heteroatoms. The largest absolute Gasteiger partial charge is 0.495 e. The summed E-state index contributed by atoms with van der Waals surface area (Å²) >= 11 is 7.22. The first kappa shape index (κ1) is 18.9. The smallest absolute Gasteiger partial charge is 0.257 e. The van der Waals surface area contributed by atoms with Crippen molar-refractivity contribution in [2.24, 2.45) is 0 Å². The molecule has 0 atom stereocenters. The van der Waals surface area contributed by atoms with Crippen LogP contribution in [0.15, 0.2) is 53.9 Å². The van der Waals surface area contributed by atoms with Crippen molar-refractivity contribution in [3.63, 3.8) is 0 Å². The van der Waals surface area contributed by atoms with Crippen molar-refractivity contribution in [3.05, 3.63) is 70.2 Å². The Bertz CT molecular complexity index is 960. The molecule has 1 heterocycles. The number of carbonyl (C=O) groups excluding carboxylic acids is 2. The van der Waals surface area contributed by atoms with Crippen LogP contribution in [0.5, 0.6) is 5.75 Å². The first-order chi connectivity index (χ1) is 13.0. The van der Waals surface area contributed by atoms with Crippen molar-refractivity contribution in [1.29, 1.82) is 0 Å². The van der Waals surface area contributed by atoms with Crippen molar-refractivity contribution in [1.82, 2.24) is 4.98 Å². The molecule has 0 bridgehead atoms. The number of nitrogens with zero attached hydrogens (tertiary/aromatic N) is 1. The zero-order chi connectivity index (χ0) is 19.2. The Balaban J connectivity index is 1.61. The van der Waals surface area contributed by atoms with E-state index >= 15 is 0 Å². The van der Waals surface area contributed by atoms with E-state index in [1.807, 2.05) is 6.07 Å². The fourth-order valence-electron chi connectivity index (χ4n) is 2.34. The summed E-state index contributed by atoms with van der Waals surface area (Å²) in [4.78, 5) is 28.7. The molecule has 0 saturated heterocycles. The Kier molecular flexibility index (Phi) is 6.05. The van der Waals surface area contributed by atoms with Gasteiger partial charge in [0.25, 0.3) is 5.91 Å². The summed E-state index contributed by atoms with van der Waals surface area (Å²) in [6, 6.07) is 13.8. The van der Waals surface area contributed by atoms with Crippen LogP contribution in [0.25, 0.3) is 0 Å². The number of amides is 2. The number of aromatic nitrogens is 1. The highest BCUT2D eigenvalue weighted by atomic mass is 35.5. The first-order valence-electron chi connectivity index (χ1n) is 7.99. The topological polar surface area (TPSA) is 80.3 Å². The quantitative estimate of drug-likeness (QED) is 0.647. The highest BCUT2D eigenvalue weighted by Gasteiger charge is 2.13. The summed E-state index contributed by atoms with van der Waals surface area (Å²) in [6.07, 6.45) is 0.0629. The number of carbonyl (C=O) groups is 2. The molecule has 2 aromatic carbocycles. The first-order valence-corrected chi connectivity index (χ1v) is 9.25. The number of hydrogen-bond acceptors (Lipinski definition) is 5. The number of ether oxygens (including phenoxy) is 1. The van der Waals surface area contributed by atoms with Crippen LogP contribution >= 0.6 is 22.9 Å². The van der Waals surface area contributed by atoms with Gasteiger partial charge in [-0.3, -0.25) is 14.9 Å². The standard InChI is InChI=1S/C19H16ClN3O3S/c1-26-16-8-7-13(20)9-15(16)22-17(24)10-14-11-27-19(21-14)23-18(25)12-5-3-2-4-6-12/h2-9,11H,10H2,1H3,(H,22,24)(H,21,23,25). The predicted molar refractivity (Wildman–Crippen MR) is 107 cm³/mol. The highest BCUT2D eigenvalue weighted by molar-refractivity contribution is 7.14. The van der Waals surface area contributed by atoms with E-state index in [1.54, 1.807) is 47.8 Å². The van der Waals surface area contributed by atoms with Crippen LogP contribution in [0.2, 0.25) is 5.02 Å². The molecule has 0 aliphatic carbocycles. The summed E-state index contributed by atoms with van der Waals surface area (Å²) in [5.41, 5.74) is 1.59. The van der Waals surface area contributed by atoms with E-state index < -0.39 is 0 Å². The fraction of sp³-hybridized carbons (Fsp3) is 0.105. The second-order valence-corrected chi connectivity index (χ2v) is 6.83. The number of hydrogen-bond donors (Lipinski definition) is 2. The second kappa shape index (κ2) is 8.66. The molecule has 0 radical (unpaired) electrons. The Labute approximate surface area is 165 Å².